The van der Waals surface area contributed by atoms with Gasteiger partial charge in [-0.2, -0.15) is 0 Å². The van der Waals surface area contributed by atoms with Crippen LogP contribution in [0.4, 0.5) is 17.1 Å². The number of nitrogens with zero attached hydrogens (tertiary/aromatic N) is 2. The van der Waals surface area contributed by atoms with Gasteiger partial charge in [-0.25, -0.2) is 0 Å². The van der Waals surface area contributed by atoms with Gasteiger partial charge in [-0.15, -0.1) is 11.3 Å². The van der Waals surface area contributed by atoms with Gasteiger partial charge in [-0.3, -0.25) is 0 Å². The fourth-order valence-electron chi connectivity index (χ4n) is 8.07. The van der Waals surface area contributed by atoms with Crippen molar-refractivity contribution in [1.29, 1.82) is 0 Å². The maximum atomic E-state index is 6.45. The Bertz CT molecular complexity index is 3130. The van der Waals surface area contributed by atoms with Gasteiger partial charge in [0.1, 0.15) is 11.2 Å². The molecule has 11 rings (SSSR count). The van der Waals surface area contributed by atoms with Crippen molar-refractivity contribution < 1.29 is 4.42 Å². The van der Waals surface area contributed by atoms with Gasteiger partial charge in [-0.1, -0.05) is 115 Å². The second-order valence-corrected chi connectivity index (χ2v) is 14.4. The lowest BCUT2D eigenvalue weighted by atomic mass is 10.0. The second kappa shape index (κ2) is 11.5. The standard InChI is InChI=1S/C48H30N2OS/c1-3-13-31(14-4-1)32-25-27-35-39-30-34(26-28-40(39)49(43(35)29-32)33-15-5-2-6-16-33)50(41-20-12-23-45-47(41)38-18-7-9-22-44(38)51-45)42-21-11-19-37-36-17-8-10-24-46(36)52-48(37)42/h1-30H. The zero-order chi connectivity index (χ0) is 34.2. The molecule has 0 aliphatic heterocycles. The highest BCUT2D eigenvalue weighted by molar-refractivity contribution is 7.26. The van der Waals surface area contributed by atoms with Crippen molar-refractivity contribution in [2.45, 2.75) is 0 Å². The molecule has 0 saturated heterocycles. The van der Waals surface area contributed by atoms with Gasteiger partial charge in [0.15, 0.2) is 0 Å². The van der Waals surface area contributed by atoms with Gasteiger partial charge >= 0.3 is 0 Å². The number of hydrogen-bond donors (Lipinski definition) is 0. The summed E-state index contributed by atoms with van der Waals surface area (Å²) in [4.78, 5) is 2.45. The smallest absolute Gasteiger partial charge is 0.137 e. The molecule has 0 fully saturated rings. The Labute approximate surface area is 303 Å². The third-order valence-corrected chi connectivity index (χ3v) is 11.6. The maximum Gasteiger partial charge on any atom is 0.137 e. The Morgan fingerprint density at radius 2 is 1.15 bits per heavy atom. The summed E-state index contributed by atoms with van der Waals surface area (Å²) in [6.07, 6.45) is 0. The summed E-state index contributed by atoms with van der Waals surface area (Å²) in [5.41, 5.74) is 11.0. The minimum Gasteiger partial charge on any atom is -0.456 e. The van der Waals surface area contributed by atoms with Crippen LogP contribution in [-0.2, 0) is 0 Å². The molecule has 0 N–H and O–H groups in total. The second-order valence-electron chi connectivity index (χ2n) is 13.3. The lowest BCUT2D eigenvalue weighted by molar-refractivity contribution is 0.669. The minimum absolute atomic E-state index is 0.877. The molecule has 4 heteroatoms. The molecule has 0 unspecified atom stereocenters. The monoisotopic (exact) mass is 682 g/mol. The molecule has 3 nitrogen and oxygen atoms in total. The van der Waals surface area contributed by atoms with Gasteiger partial charge in [-0.05, 0) is 77.9 Å². The van der Waals surface area contributed by atoms with E-state index in [4.69, 9.17) is 4.42 Å². The average Bonchev–Trinajstić information content (AvgIpc) is 3.88. The number of furan rings is 1. The van der Waals surface area contributed by atoms with Crippen molar-refractivity contribution in [2.75, 3.05) is 4.90 Å². The third-order valence-electron chi connectivity index (χ3n) is 10.4. The van der Waals surface area contributed by atoms with Crippen LogP contribution in [-0.4, -0.2) is 4.57 Å². The normalized spacial score (nSPS) is 11.8. The van der Waals surface area contributed by atoms with E-state index >= 15 is 0 Å². The predicted molar refractivity (Wildman–Crippen MR) is 221 cm³/mol. The topological polar surface area (TPSA) is 21.3 Å². The van der Waals surface area contributed by atoms with E-state index in [9.17, 15) is 0 Å². The van der Waals surface area contributed by atoms with Crippen LogP contribution < -0.4 is 4.90 Å². The summed E-state index contributed by atoms with van der Waals surface area (Å²) < 4.78 is 11.4. The molecule has 0 aliphatic carbocycles. The van der Waals surface area contributed by atoms with E-state index in [0.29, 0.717) is 0 Å². The Balaban J connectivity index is 1.23. The third kappa shape index (κ3) is 4.38. The Hall–Kier alpha value is -6.62. The summed E-state index contributed by atoms with van der Waals surface area (Å²) in [7, 11) is 0. The zero-order valence-corrected chi connectivity index (χ0v) is 28.8. The molecule has 0 atom stereocenters. The fourth-order valence-corrected chi connectivity index (χ4v) is 9.28. The van der Waals surface area contributed by atoms with Crippen molar-refractivity contribution in [2.24, 2.45) is 0 Å². The van der Waals surface area contributed by atoms with E-state index in [0.717, 1.165) is 44.7 Å². The van der Waals surface area contributed by atoms with E-state index in [1.807, 2.05) is 17.4 Å². The lowest BCUT2D eigenvalue weighted by Gasteiger charge is -2.27. The van der Waals surface area contributed by atoms with Crippen LogP contribution in [0.2, 0.25) is 0 Å². The van der Waals surface area contributed by atoms with Gasteiger partial charge in [0.25, 0.3) is 0 Å². The van der Waals surface area contributed by atoms with E-state index in [1.54, 1.807) is 0 Å². The van der Waals surface area contributed by atoms with Crippen LogP contribution in [0.3, 0.4) is 0 Å². The minimum atomic E-state index is 0.877. The highest BCUT2D eigenvalue weighted by Crippen LogP contribution is 2.49. The van der Waals surface area contributed by atoms with Crippen molar-refractivity contribution >= 4 is 92.3 Å². The van der Waals surface area contributed by atoms with Crippen molar-refractivity contribution in [3.8, 4) is 16.8 Å². The van der Waals surface area contributed by atoms with Gasteiger partial charge < -0.3 is 13.9 Å². The first-order valence-electron chi connectivity index (χ1n) is 17.6. The van der Waals surface area contributed by atoms with Crippen molar-refractivity contribution in [1.82, 2.24) is 4.57 Å². The van der Waals surface area contributed by atoms with Gasteiger partial charge in [0.2, 0.25) is 0 Å². The SMILES string of the molecule is c1ccc(-c2ccc3c4cc(N(c5cccc6c5sc5ccccc56)c5cccc6oc7ccccc7c56)ccc4n(-c4ccccc4)c3c2)cc1. The molecule has 244 valence electrons. The molecule has 3 heterocycles. The van der Waals surface area contributed by atoms with Crippen molar-refractivity contribution in [3.05, 3.63) is 182 Å². The van der Waals surface area contributed by atoms with Crippen LogP contribution in [0.1, 0.15) is 0 Å². The summed E-state index contributed by atoms with van der Waals surface area (Å²) >= 11 is 1.85. The first-order valence-corrected chi connectivity index (χ1v) is 18.4. The number of fused-ring (bicyclic) bond motifs is 9. The Kier molecular flexibility index (Phi) is 6.42. The highest BCUT2D eigenvalue weighted by Gasteiger charge is 2.24. The first-order chi connectivity index (χ1) is 25.8. The number of benzene rings is 8. The molecular weight excluding hydrogens is 653 g/mol. The molecule has 0 amide bonds. The highest BCUT2D eigenvalue weighted by atomic mass is 32.1. The number of anilines is 3. The molecule has 0 saturated carbocycles. The molecule has 0 bridgehead atoms. The number of rotatable bonds is 5. The summed E-state index contributed by atoms with van der Waals surface area (Å²) in [6, 6.07) is 65.5. The number of thiophene rings is 1. The fraction of sp³-hybridized carbons (Fsp3) is 0. The Morgan fingerprint density at radius 1 is 0.442 bits per heavy atom. The van der Waals surface area contributed by atoms with E-state index in [1.165, 1.54) is 53.1 Å². The quantitative estimate of drug-likeness (QED) is 0.180. The largest absolute Gasteiger partial charge is 0.456 e. The molecule has 0 spiro atoms. The summed E-state index contributed by atoms with van der Waals surface area (Å²) in [5, 5.41) is 7.18. The van der Waals surface area contributed by atoms with Crippen LogP contribution in [0.15, 0.2) is 186 Å². The number of aromatic nitrogens is 1. The lowest BCUT2D eigenvalue weighted by Crippen LogP contribution is -2.10. The maximum absolute atomic E-state index is 6.45. The van der Waals surface area contributed by atoms with E-state index < -0.39 is 0 Å². The van der Waals surface area contributed by atoms with Crippen LogP contribution in [0, 0.1) is 0 Å². The average molecular weight is 683 g/mol. The zero-order valence-electron chi connectivity index (χ0n) is 28.0. The van der Waals surface area contributed by atoms with E-state index in [2.05, 4.69) is 185 Å². The molecule has 11 aromatic rings. The number of hydrogen-bond acceptors (Lipinski definition) is 3. The summed E-state index contributed by atoms with van der Waals surface area (Å²) in [6.45, 7) is 0. The first kappa shape index (κ1) is 29.1. The van der Waals surface area contributed by atoms with Crippen LogP contribution in [0.25, 0.3) is 80.7 Å². The Morgan fingerprint density at radius 3 is 2.04 bits per heavy atom. The molecule has 8 aromatic carbocycles. The molecule has 3 aromatic heterocycles. The summed E-state index contributed by atoms with van der Waals surface area (Å²) in [5.74, 6) is 0. The van der Waals surface area contributed by atoms with Crippen molar-refractivity contribution in [3.63, 3.8) is 0 Å². The number of para-hydroxylation sites is 2. The molecule has 52 heavy (non-hydrogen) atoms. The van der Waals surface area contributed by atoms with Crippen LogP contribution >= 0.6 is 11.3 Å². The predicted octanol–water partition coefficient (Wildman–Crippen LogP) is 14.2. The molecule has 0 radical (unpaired) electrons. The van der Waals surface area contributed by atoms with Crippen LogP contribution in [0.5, 0.6) is 0 Å². The van der Waals surface area contributed by atoms with Gasteiger partial charge in [0.05, 0.1) is 32.5 Å². The molecular formula is C48H30N2OS. The van der Waals surface area contributed by atoms with E-state index in [-0.39, 0.29) is 0 Å². The molecule has 0 aliphatic rings. The van der Waals surface area contributed by atoms with Gasteiger partial charge in [0, 0.05) is 43.0 Å².